The number of allylic oxidation sites excluding steroid dienone is 2. The van der Waals surface area contributed by atoms with Crippen molar-refractivity contribution >= 4 is 17.6 Å². The number of carbonyl (C=O) groups excluding carboxylic acids is 1. The zero-order valence-corrected chi connectivity index (χ0v) is 18.0. The average molecular weight is 419 g/mol. The molecule has 3 saturated carbocycles. The van der Waals surface area contributed by atoms with Gasteiger partial charge in [-0.25, -0.2) is 0 Å². The molecule has 4 aliphatic carbocycles. The summed E-state index contributed by atoms with van der Waals surface area (Å²) in [6, 6.07) is 0. The fourth-order valence-corrected chi connectivity index (χ4v) is 7.01. The molecule has 0 aromatic carbocycles. The van der Waals surface area contributed by atoms with E-state index >= 15 is 0 Å². The Bertz CT molecular complexity index is 778. The molecule has 0 aromatic heterocycles. The van der Waals surface area contributed by atoms with Crippen LogP contribution in [0.15, 0.2) is 16.8 Å². The van der Waals surface area contributed by atoms with Crippen molar-refractivity contribution in [3.05, 3.63) is 11.6 Å². The number of nitrogens with one attached hydrogen (secondary N) is 1. The number of aliphatic hydroxyl groups is 1. The highest BCUT2D eigenvalue weighted by molar-refractivity contribution is 5.96. The van der Waals surface area contributed by atoms with E-state index in [1.807, 2.05) is 0 Å². The van der Waals surface area contributed by atoms with Crippen molar-refractivity contribution in [3.63, 3.8) is 0 Å². The summed E-state index contributed by atoms with van der Waals surface area (Å²) in [6.07, 6.45) is 10.6. The minimum absolute atomic E-state index is 0.106. The van der Waals surface area contributed by atoms with Crippen molar-refractivity contribution in [3.8, 4) is 0 Å². The predicted molar refractivity (Wildman–Crippen MR) is 112 cm³/mol. The Hall–Kier alpha value is -1.89. The standard InChI is InChI=1S/C23H34N2O5/c1-22-9-7-15(25-30-13-20(27)24-12-21(28)29)11-14(22)3-4-16-17-5-6-19(26)23(17,2)10-8-18(16)22/h11,16-19,26H,3-10,12-13H2,1-2H3,(H,24,27)(H,28,29)/b25-15+/t16-,17-,18-,19+,22+,23+/m1/s1. The van der Waals surface area contributed by atoms with E-state index in [1.165, 1.54) is 24.8 Å². The lowest BCUT2D eigenvalue weighted by molar-refractivity contribution is -0.138. The second kappa shape index (κ2) is 7.98. The normalized spacial score (nSPS) is 41.3. The van der Waals surface area contributed by atoms with Gasteiger partial charge >= 0.3 is 5.97 Å². The van der Waals surface area contributed by atoms with Gasteiger partial charge < -0.3 is 20.4 Å². The maximum Gasteiger partial charge on any atom is 0.322 e. The summed E-state index contributed by atoms with van der Waals surface area (Å²) in [5.41, 5.74) is 2.61. The summed E-state index contributed by atoms with van der Waals surface area (Å²) in [5, 5.41) is 25.6. The van der Waals surface area contributed by atoms with Gasteiger partial charge in [0.05, 0.1) is 11.8 Å². The fraction of sp³-hybridized carbons (Fsp3) is 0.783. The third-order valence-electron chi connectivity index (χ3n) is 8.74. The Kier molecular flexibility index (Phi) is 5.68. The number of hydrogen-bond donors (Lipinski definition) is 3. The SMILES string of the molecule is C[C@]12CC[C@@H]3[C@H](CCC4=C/C(=N/OCC(=O)NCC(=O)O)CC[C@@]43C)[C@H]1CC[C@@H]2O. The highest BCUT2D eigenvalue weighted by Gasteiger charge is 2.58. The maximum atomic E-state index is 11.6. The number of rotatable bonds is 5. The molecule has 6 atom stereocenters. The Morgan fingerprint density at radius 3 is 2.73 bits per heavy atom. The first kappa shape index (κ1) is 21.3. The lowest BCUT2D eigenvalue weighted by Gasteiger charge is -2.57. The van der Waals surface area contributed by atoms with Gasteiger partial charge in [-0.1, -0.05) is 24.6 Å². The number of aliphatic hydroxyl groups excluding tert-OH is 1. The Labute approximate surface area is 177 Å². The zero-order valence-electron chi connectivity index (χ0n) is 18.0. The lowest BCUT2D eigenvalue weighted by atomic mass is 9.47. The lowest BCUT2D eigenvalue weighted by Crippen LogP contribution is -2.51. The van der Waals surface area contributed by atoms with Crippen LogP contribution in [0.1, 0.15) is 65.2 Å². The van der Waals surface area contributed by atoms with Crippen LogP contribution >= 0.6 is 0 Å². The third-order valence-corrected chi connectivity index (χ3v) is 8.74. The second-order valence-corrected chi connectivity index (χ2v) is 10.2. The number of nitrogens with zero attached hydrogens (tertiary/aromatic N) is 1. The average Bonchev–Trinajstić information content (AvgIpc) is 3.01. The molecule has 0 radical (unpaired) electrons. The summed E-state index contributed by atoms with van der Waals surface area (Å²) < 4.78 is 0. The van der Waals surface area contributed by atoms with Crippen LogP contribution < -0.4 is 5.32 Å². The van der Waals surface area contributed by atoms with E-state index in [0.29, 0.717) is 17.8 Å². The molecule has 0 heterocycles. The largest absolute Gasteiger partial charge is 0.480 e. The monoisotopic (exact) mass is 418 g/mol. The molecule has 1 amide bonds. The van der Waals surface area contributed by atoms with E-state index in [9.17, 15) is 14.7 Å². The van der Waals surface area contributed by atoms with Crippen LogP contribution in [0.5, 0.6) is 0 Å². The third kappa shape index (κ3) is 3.66. The van der Waals surface area contributed by atoms with Crippen molar-refractivity contribution in [2.45, 2.75) is 71.3 Å². The Morgan fingerprint density at radius 2 is 1.97 bits per heavy atom. The van der Waals surface area contributed by atoms with Crippen LogP contribution in [0.2, 0.25) is 0 Å². The molecule has 3 fully saturated rings. The van der Waals surface area contributed by atoms with Gasteiger partial charge in [0, 0.05) is 0 Å². The van der Waals surface area contributed by atoms with Gasteiger partial charge in [-0.05, 0) is 86.0 Å². The summed E-state index contributed by atoms with van der Waals surface area (Å²) in [4.78, 5) is 27.2. The molecule has 7 nitrogen and oxygen atoms in total. The number of carboxylic acid groups (broad SMARTS) is 1. The van der Waals surface area contributed by atoms with E-state index in [4.69, 9.17) is 9.94 Å². The Balaban J connectivity index is 1.41. The summed E-state index contributed by atoms with van der Waals surface area (Å²) in [5.74, 6) is 0.449. The van der Waals surface area contributed by atoms with Crippen molar-refractivity contribution in [1.29, 1.82) is 0 Å². The molecule has 7 heteroatoms. The number of hydrogen-bond acceptors (Lipinski definition) is 5. The molecule has 0 saturated heterocycles. The molecular formula is C23H34N2O5. The molecule has 0 bridgehead atoms. The smallest absolute Gasteiger partial charge is 0.322 e. The van der Waals surface area contributed by atoms with Crippen LogP contribution in [0, 0.1) is 28.6 Å². The quantitative estimate of drug-likeness (QED) is 0.595. The minimum atomic E-state index is -1.09. The van der Waals surface area contributed by atoms with Crippen LogP contribution in [0.25, 0.3) is 0 Å². The second-order valence-electron chi connectivity index (χ2n) is 10.2. The van der Waals surface area contributed by atoms with Crippen molar-refractivity contribution in [2.75, 3.05) is 13.2 Å². The molecule has 0 spiro atoms. The molecule has 4 rings (SSSR count). The molecule has 30 heavy (non-hydrogen) atoms. The van der Waals surface area contributed by atoms with E-state index in [1.54, 1.807) is 0 Å². The van der Waals surface area contributed by atoms with Gasteiger partial charge in [0.1, 0.15) is 6.54 Å². The van der Waals surface area contributed by atoms with E-state index in [-0.39, 0.29) is 23.5 Å². The Morgan fingerprint density at radius 1 is 1.17 bits per heavy atom. The maximum absolute atomic E-state index is 11.6. The number of carboxylic acids is 1. The predicted octanol–water partition coefficient (Wildman–Crippen LogP) is 2.88. The first-order chi connectivity index (χ1) is 14.2. The van der Waals surface area contributed by atoms with Crippen molar-refractivity contribution < 1.29 is 24.6 Å². The van der Waals surface area contributed by atoms with E-state index in [2.05, 4.69) is 30.4 Å². The van der Waals surface area contributed by atoms with Crippen LogP contribution in [0.4, 0.5) is 0 Å². The molecule has 0 aromatic rings. The molecule has 166 valence electrons. The van der Waals surface area contributed by atoms with Crippen molar-refractivity contribution in [1.82, 2.24) is 5.32 Å². The molecule has 4 aliphatic rings. The topological polar surface area (TPSA) is 108 Å². The number of oxime groups is 1. The van der Waals surface area contributed by atoms with Crippen LogP contribution in [-0.4, -0.2) is 47.1 Å². The molecule has 0 unspecified atom stereocenters. The minimum Gasteiger partial charge on any atom is -0.480 e. The highest BCUT2D eigenvalue weighted by Crippen LogP contribution is 2.65. The molecular weight excluding hydrogens is 384 g/mol. The van der Waals surface area contributed by atoms with Crippen molar-refractivity contribution in [2.24, 2.45) is 33.7 Å². The van der Waals surface area contributed by atoms with Gasteiger partial charge in [0.2, 0.25) is 0 Å². The number of amides is 1. The van der Waals surface area contributed by atoms with Gasteiger partial charge in [0.25, 0.3) is 5.91 Å². The number of fused-ring (bicyclic) bond motifs is 5. The molecule has 0 aliphatic heterocycles. The molecule has 3 N–H and O–H groups in total. The van der Waals surface area contributed by atoms with Crippen LogP contribution in [-0.2, 0) is 14.4 Å². The van der Waals surface area contributed by atoms with Gasteiger partial charge in [-0.15, -0.1) is 0 Å². The van der Waals surface area contributed by atoms with E-state index < -0.39 is 18.4 Å². The highest BCUT2D eigenvalue weighted by atomic mass is 16.6. The summed E-state index contributed by atoms with van der Waals surface area (Å²) in [7, 11) is 0. The van der Waals surface area contributed by atoms with Crippen LogP contribution in [0.3, 0.4) is 0 Å². The summed E-state index contributed by atoms with van der Waals surface area (Å²) >= 11 is 0. The number of aliphatic carboxylic acids is 1. The van der Waals surface area contributed by atoms with E-state index in [0.717, 1.165) is 37.8 Å². The summed E-state index contributed by atoms with van der Waals surface area (Å²) in [6.45, 7) is 4.04. The zero-order chi connectivity index (χ0) is 21.5. The number of carbonyl (C=O) groups is 2. The van der Waals surface area contributed by atoms with Gasteiger partial charge in [-0.3, -0.25) is 9.59 Å². The first-order valence-corrected chi connectivity index (χ1v) is 11.3. The van der Waals surface area contributed by atoms with Gasteiger partial charge in [0.15, 0.2) is 6.61 Å². The fourth-order valence-electron chi connectivity index (χ4n) is 7.01. The first-order valence-electron chi connectivity index (χ1n) is 11.3. The van der Waals surface area contributed by atoms with Gasteiger partial charge in [-0.2, -0.15) is 0 Å².